The second-order valence-electron chi connectivity index (χ2n) is 5.57. The highest BCUT2D eigenvalue weighted by molar-refractivity contribution is 7.93. The van der Waals surface area contributed by atoms with Crippen molar-refractivity contribution in [3.8, 4) is 10.4 Å². The van der Waals surface area contributed by atoms with E-state index in [2.05, 4.69) is 17.0 Å². The molecule has 0 radical (unpaired) electrons. The van der Waals surface area contributed by atoms with E-state index in [-0.39, 0.29) is 5.75 Å². The average molecular weight is 351 g/mol. The first-order chi connectivity index (χ1) is 11.1. The molecule has 23 heavy (non-hydrogen) atoms. The highest BCUT2D eigenvalue weighted by Crippen LogP contribution is 2.33. The second kappa shape index (κ2) is 7.13. The molecule has 2 aromatic rings. The van der Waals surface area contributed by atoms with Crippen LogP contribution >= 0.6 is 11.3 Å². The zero-order valence-electron chi connectivity index (χ0n) is 13.2. The van der Waals surface area contributed by atoms with Crippen molar-refractivity contribution in [2.24, 2.45) is 0 Å². The van der Waals surface area contributed by atoms with Crippen LogP contribution in [0.2, 0.25) is 0 Å². The third-order valence-corrected chi connectivity index (χ3v) is 7.48. The average Bonchev–Trinajstić information content (AvgIpc) is 3.07. The molecule has 1 saturated heterocycles. The summed E-state index contributed by atoms with van der Waals surface area (Å²) in [6.07, 6.45) is 0. The molecule has 1 aliphatic heterocycles. The Morgan fingerprint density at radius 2 is 1.87 bits per heavy atom. The van der Waals surface area contributed by atoms with Gasteiger partial charge >= 0.3 is 0 Å². The maximum absolute atomic E-state index is 12.0. The topological polar surface area (TPSA) is 46.6 Å². The Morgan fingerprint density at radius 3 is 2.61 bits per heavy atom. The summed E-state index contributed by atoms with van der Waals surface area (Å²) in [5, 5.41) is 0. The highest BCUT2D eigenvalue weighted by atomic mass is 32.2. The molecule has 4 nitrogen and oxygen atoms in total. The molecule has 0 spiro atoms. The van der Waals surface area contributed by atoms with Crippen LogP contribution in [0.4, 0.5) is 0 Å². The number of morpholine rings is 1. The molecule has 0 unspecified atom stereocenters. The van der Waals surface area contributed by atoms with Gasteiger partial charge in [-0.3, -0.25) is 4.90 Å². The third kappa shape index (κ3) is 3.83. The van der Waals surface area contributed by atoms with Gasteiger partial charge < -0.3 is 4.74 Å². The lowest BCUT2D eigenvalue weighted by Gasteiger charge is -2.27. The monoisotopic (exact) mass is 351 g/mol. The number of hydrogen-bond donors (Lipinski definition) is 0. The quantitative estimate of drug-likeness (QED) is 0.831. The number of benzene rings is 1. The van der Waals surface area contributed by atoms with Gasteiger partial charge in [-0.1, -0.05) is 31.2 Å². The van der Waals surface area contributed by atoms with Crippen molar-refractivity contribution in [2.45, 2.75) is 17.7 Å². The number of hydrogen-bond acceptors (Lipinski definition) is 5. The fourth-order valence-electron chi connectivity index (χ4n) is 2.67. The number of sulfone groups is 1. The molecule has 0 bridgehead atoms. The van der Waals surface area contributed by atoms with Crippen molar-refractivity contribution in [1.29, 1.82) is 0 Å². The van der Waals surface area contributed by atoms with Gasteiger partial charge in [-0.15, -0.1) is 11.3 Å². The van der Waals surface area contributed by atoms with E-state index in [0.717, 1.165) is 43.3 Å². The third-order valence-electron chi connectivity index (χ3n) is 4.05. The fourth-order valence-corrected chi connectivity index (χ4v) is 5.16. The summed E-state index contributed by atoms with van der Waals surface area (Å²) in [6.45, 7) is 5.98. The first-order valence-electron chi connectivity index (χ1n) is 7.81. The van der Waals surface area contributed by atoms with Crippen LogP contribution in [0.25, 0.3) is 10.4 Å². The summed E-state index contributed by atoms with van der Waals surface area (Å²) in [5.74, 6) is 0.141. The molecule has 124 valence electrons. The number of ether oxygens (including phenoxy) is 1. The Labute approximate surface area is 141 Å². The summed E-state index contributed by atoms with van der Waals surface area (Å²) >= 11 is 1.36. The van der Waals surface area contributed by atoms with Crippen molar-refractivity contribution in [3.63, 3.8) is 0 Å². The summed E-state index contributed by atoms with van der Waals surface area (Å²) in [7, 11) is -3.13. The Morgan fingerprint density at radius 1 is 1.13 bits per heavy atom. The molecular weight excluding hydrogens is 330 g/mol. The van der Waals surface area contributed by atoms with Crippen LogP contribution in [0.3, 0.4) is 0 Å². The van der Waals surface area contributed by atoms with Crippen molar-refractivity contribution >= 4 is 21.2 Å². The Kier molecular flexibility index (Phi) is 5.16. The second-order valence-corrected chi connectivity index (χ2v) is 9.16. The van der Waals surface area contributed by atoms with Gasteiger partial charge in [-0.25, -0.2) is 8.42 Å². The Balaban J connectivity index is 1.88. The van der Waals surface area contributed by atoms with Crippen LogP contribution < -0.4 is 0 Å². The summed E-state index contributed by atoms with van der Waals surface area (Å²) < 4.78 is 29.9. The van der Waals surface area contributed by atoms with Crippen molar-refractivity contribution in [2.75, 3.05) is 32.1 Å². The fraction of sp³-hybridized carbons (Fsp3) is 0.412. The van der Waals surface area contributed by atoms with Gasteiger partial charge in [0, 0.05) is 24.5 Å². The zero-order valence-corrected chi connectivity index (χ0v) is 14.8. The minimum Gasteiger partial charge on any atom is -0.379 e. The molecule has 0 N–H and O–H groups in total. The van der Waals surface area contributed by atoms with Crippen LogP contribution in [-0.4, -0.2) is 45.4 Å². The molecule has 1 fully saturated rings. The minimum absolute atomic E-state index is 0.141. The standard InChI is InChI=1S/C17H21NO3S2/c1-2-23(19,20)17-8-7-16(22-17)15-6-4-3-5-14(15)13-18-9-11-21-12-10-18/h3-8H,2,9-13H2,1H3. The van der Waals surface area contributed by atoms with E-state index in [4.69, 9.17) is 4.74 Å². The Bertz CT molecular complexity index is 762. The van der Waals surface area contributed by atoms with E-state index >= 15 is 0 Å². The number of nitrogens with zero attached hydrogens (tertiary/aromatic N) is 1. The van der Waals surface area contributed by atoms with E-state index in [1.807, 2.05) is 18.2 Å². The van der Waals surface area contributed by atoms with Gasteiger partial charge in [0.2, 0.25) is 0 Å². The predicted molar refractivity (Wildman–Crippen MR) is 93.6 cm³/mol. The van der Waals surface area contributed by atoms with Gasteiger partial charge in [0.25, 0.3) is 0 Å². The van der Waals surface area contributed by atoms with E-state index in [9.17, 15) is 8.42 Å². The van der Waals surface area contributed by atoms with Crippen LogP contribution in [0.1, 0.15) is 12.5 Å². The van der Waals surface area contributed by atoms with Crippen LogP contribution in [0.5, 0.6) is 0 Å². The highest BCUT2D eigenvalue weighted by Gasteiger charge is 2.17. The molecule has 1 aliphatic rings. The molecule has 0 aliphatic carbocycles. The lowest BCUT2D eigenvalue weighted by atomic mass is 10.1. The van der Waals surface area contributed by atoms with Crippen LogP contribution in [0, 0.1) is 0 Å². The Hall–Kier alpha value is -1.21. The largest absolute Gasteiger partial charge is 0.379 e. The van der Waals surface area contributed by atoms with E-state index in [1.165, 1.54) is 16.9 Å². The maximum atomic E-state index is 12.0. The predicted octanol–water partition coefficient (Wildman–Crippen LogP) is 3.04. The molecule has 3 rings (SSSR count). The molecule has 6 heteroatoms. The lowest BCUT2D eigenvalue weighted by molar-refractivity contribution is 0.0342. The smallest absolute Gasteiger partial charge is 0.187 e. The van der Waals surface area contributed by atoms with Gasteiger partial charge in [0.15, 0.2) is 9.84 Å². The van der Waals surface area contributed by atoms with Gasteiger partial charge in [0.1, 0.15) is 4.21 Å². The SMILES string of the molecule is CCS(=O)(=O)c1ccc(-c2ccccc2CN2CCOCC2)s1. The summed E-state index contributed by atoms with van der Waals surface area (Å²) in [6, 6.07) is 11.9. The molecule has 0 saturated carbocycles. The van der Waals surface area contributed by atoms with Gasteiger partial charge in [-0.05, 0) is 23.3 Å². The molecule has 0 amide bonds. The molecule has 2 heterocycles. The summed E-state index contributed by atoms with van der Waals surface area (Å²) in [5.41, 5.74) is 2.36. The van der Waals surface area contributed by atoms with E-state index < -0.39 is 9.84 Å². The first kappa shape index (κ1) is 16.6. The van der Waals surface area contributed by atoms with E-state index in [0.29, 0.717) is 4.21 Å². The molecule has 1 aromatic carbocycles. The van der Waals surface area contributed by atoms with Crippen LogP contribution in [-0.2, 0) is 21.1 Å². The molecular formula is C17H21NO3S2. The maximum Gasteiger partial charge on any atom is 0.187 e. The number of thiophene rings is 1. The molecule has 0 atom stereocenters. The minimum atomic E-state index is -3.13. The van der Waals surface area contributed by atoms with Crippen LogP contribution in [0.15, 0.2) is 40.6 Å². The summed E-state index contributed by atoms with van der Waals surface area (Å²) in [4.78, 5) is 3.39. The van der Waals surface area contributed by atoms with E-state index in [1.54, 1.807) is 13.0 Å². The van der Waals surface area contributed by atoms with Crippen molar-refractivity contribution < 1.29 is 13.2 Å². The zero-order chi connectivity index (χ0) is 16.3. The first-order valence-corrected chi connectivity index (χ1v) is 10.3. The lowest BCUT2D eigenvalue weighted by Crippen LogP contribution is -2.35. The van der Waals surface area contributed by atoms with Crippen molar-refractivity contribution in [1.82, 2.24) is 4.90 Å². The number of rotatable bonds is 5. The normalized spacial score (nSPS) is 16.6. The molecule has 1 aromatic heterocycles. The van der Waals surface area contributed by atoms with Gasteiger partial charge in [-0.2, -0.15) is 0 Å². The van der Waals surface area contributed by atoms with Crippen molar-refractivity contribution in [3.05, 3.63) is 42.0 Å². The van der Waals surface area contributed by atoms with Gasteiger partial charge in [0.05, 0.1) is 19.0 Å².